The third kappa shape index (κ3) is 3.10. The van der Waals surface area contributed by atoms with Gasteiger partial charge >= 0.3 is 0 Å². The average molecular weight is 271 g/mol. The quantitative estimate of drug-likeness (QED) is 0.886. The third-order valence-electron chi connectivity index (χ3n) is 2.83. The molecular formula is C13H21NO3S. The van der Waals surface area contributed by atoms with Crippen LogP contribution in [-0.4, -0.2) is 37.0 Å². The van der Waals surface area contributed by atoms with E-state index in [9.17, 15) is 8.42 Å². The van der Waals surface area contributed by atoms with Crippen LogP contribution in [-0.2, 0) is 10.0 Å². The van der Waals surface area contributed by atoms with Gasteiger partial charge in [0, 0.05) is 12.6 Å². The second-order valence-electron chi connectivity index (χ2n) is 4.70. The zero-order chi connectivity index (χ0) is 13.9. The Kier molecular flexibility index (Phi) is 4.90. The lowest BCUT2D eigenvalue weighted by atomic mass is 10.2. The molecule has 0 saturated carbocycles. The molecule has 1 rings (SSSR count). The van der Waals surface area contributed by atoms with Gasteiger partial charge in [-0.1, -0.05) is 12.1 Å². The molecule has 18 heavy (non-hydrogen) atoms. The summed E-state index contributed by atoms with van der Waals surface area (Å²) in [5.74, 6) is 0. The normalized spacial score (nSPS) is 12.4. The van der Waals surface area contributed by atoms with E-state index in [1.54, 1.807) is 32.9 Å². The van der Waals surface area contributed by atoms with Gasteiger partial charge in [-0.2, -0.15) is 4.31 Å². The highest BCUT2D eigenvalue weighted by Crippen LogP contribution is 2.22. The number of rotatable bonds is 5. The predicted molar refractivity (Wildman–Crippen MR) is 72.0 cm³/mol. The summed E-state index contributed by atoms with van der Waals surface area (Å²) in [6.45, 7) is 7.19. The summed E-state index contributed by atoms with van der Waals surface area (Å²) >= 11 is 0. The smallest absolute Gasteiger partial charge is 0.243 e. The van der Waals surface area contributed by atoms with E-state index in [0.717, 1.165) is 11.1 Å². The lowest BCUT2D eigenvalue weighted by Crippen LogP contribution is -2.39. The van der Waals surface area contributed by atoms with Gasteiger partial charge in [0.1, 0.15) is 0 Å². The first-order valence-corrected chi connectivity index (χ1v) is 7.44. The maximum Gasteiger partial charge on any atom is 0.243 e. The molecule has 0 unspecified atom stereocenters. The van der Waals surface area contributed by atoms with Gasteiger partial charge in [0.25, 0.3) is 0 Å². The molecule has 0 saturated heterocycles. The van der Waals surface area contributed by atoms with Crippen molar-refractivity contribution in [3.8, 4) is 0 Å². The minimum Gasteiger partial charge on any atom is -0.395 e. The Bertz CT molecular complexity index is 509. The Morgan fingerprint density at radius 1 is 1.28 bits per heavy atom. The van der Waals surface area contributed by atoms with Crippen molar-refractivity contribution < 1.29 is 13.5 Å². The Morgan fingerprint density at radius 3 is 2.39 bits per heavy atom. The molecule has 4 nitrogen and oxygen atoms in total. The second-order valence-corrected chi connectivity index (χ2v) is 6.56. The SMILES string of the molecule is Cc1ccc(C)c(S(=O)(=O)N(CCO)C(C)C)c1. The molecule has 1 N–H and O–H groups in total. The molecule has 0 atom stereocenters. The number of nitrogens with zero attached hydrogens (tertiary/aromatic N) is 1. The van der Waals surface area contributed by atoms with Crippen LogP contribution in [0.4, 0.5) is 0 Å². The number of aryl methyl sites for hydroxylation is 2. The molecule has 1 aromatic carbocycles. The van der Waals surface area contributed by atoms with Gasteiger partial charge in [-0.3, -0.25) is 0 Å². The molecule has 0 spiro atoms. The standard InChI is InChI=1S/C13H21NO3S/c1-10(2)14(7-8-15)18(16,17)13-9-11(3)5-6-12(13)4/h5-6,9-10,15H,7-8H2,1-4H3. The summed E-state index contributed by atoms with van der Waals surface area (Å²) < 4.78 is 26.4. The molecule has 1 aromatic rings. The number of aliphatic hydroxyl groups excluding tert-OH is 1. The fourth-order valence-electron chi connectivity index (χ4n) is 1.87. The fourth-order valence-corrected chi connectivity index (χ4v) is 3.81. The highest BCUT2D eigenvalue weighted by molar-refractivity contribution is 7.89. The highest BCUT2D eigenvalue weighted by Gasteiger charge is 2.27. The van der Waals surface area contributed by atoms with Crippen LogP contribution in [0.15, 0.2) is 23.1 Å². The van der Waals surface area contributed by atoms with E-state index >= 15 is 0 Å². The van der Waals surface area contributed by atoms with Crippen molar-refractivity contribution in [3.05, 3.63) is 29.3 Å². The summed E-state index contributed by atoms with van der Waals surface area (Å²) in [7, 11) is -3.54. The number of benzene rings is 1. The molecule has 0 aliphatic heterocycles. The molecule has 0 heterocycles. The van der Waals surface area contributed by atoms with Crippen LogP contribution >= 0.6 is 0 Å². The number of hydrogen-bond donors (Lipinski definition) is 1. The van der Waals surface area contributed by atoms with Crippen molar-refractivity contribution in [3.63, 3.8) is 0 Å². The van der Waals surface area contributed by atoms with Crippen molar-refractivity contribution in [2.45, 2.75) is 38.6 Å². The van der Waals surface area contributed by atoms with E-state index in [1.165, 1.54) is 4.31 Å². The van der Waals surface area contributed by atoms with Crippen molar-refractivity contribution in [1.82, 2.24) is 4.31 Å². The van der Waals surface area contributed by atoms with Gasteiger partial charge in [-0.15, -0.1) is 0 Å². The van der Waals surface area contributed by atoms with Gasteiger partial charge < -0.3 is 5.11 Å². The topological polar surface area (TPSA) is 57.6 Å². The van der Waals surface area contributed by atoms with E-state index in [0.29, 0.717) is 4.90 Å². The van der Waals surface area contributed by atoms with E-state index in [-0.39, 0.29) is 19.2 Å². The zero-order valence-electron chi connectivity index (χ0n) is 11.3. The molecule has 0 aliphatic rings. The zero-order valence-corrected chi connectivity index (χ0v) is 12.2. The minimum absolute atomic E-state index is 0.118. The number of aliphatic hydroxyl groups is 1. The number of sulfonamides is 1. The molecule has 102 valence electrons. The van der Waals surface area contributed by atoms with Crippen LogP contribution in [0.5, 0.6) is 0 Å². The highest BCUT2D eigenvalue weighted by atomic mass is 32.2. The third-order valence-corrected chi connectivity index (χ3v) is 5.04. The fraction of sp³-hybridized carbons (Fsp3) is 0.538. The Labute approximate surface area is 109 Å². The van der Waals surface area contributed by atoms with Crippen LogP contribution in [0.25, 0.3) is 0 Å². The van der Waals surface area contributed by atoms with Crippen molar-refractivity contribution >= 4 is 10.0 Å². The number of hydrogen-bond acceptors (Lipinski definition) is 3. The van der Waals surface area contributed by atoms with E-state index in [1.807, 2.05) is 13.0 Å². The van der Waals surface area contributed by atoms with Gasteiger partial charge in [0.15, 0.2) is 0 Å². The molecular weight excluding hydrogens is 250 g/mol. The van der Waals surface area contributed by atoms with Crippen molar-refractivity contribution in [2.24, 2.45) is 0 Å². The summed E-state index contributed by atoms with van der Waals surface area (Å²) in [5, 5.41) is 9.01. The Hall–Kier alpha value is -0.910. The second kappa shape index (κ2) is 5.82. The van der Waals surface area contributed by atoms with E-state index in [4.69, 9.17) is 5.11 Å². The maximum absolute atomic E-state index is 12.6. The van der Waals surface area contributed by atoms with Gasteiger partial charge in [0.05, 0.1) is 11.5 Å². The van der Waals surface area contributed by atoms with Crippen molar-refractivity contribution in [2.75, 3.05) is 13.2 Å². The van der Waals surface area contributed by atoms with Crippen LogP contribution in [0.3, 0.4) is 0 Å². The Morgan fingerprint density at radius 2 is 1.89 bits per heavy atom. The van der Waals surface area contributed by atoms with Gasteiger partial charge in [-0.05, 0) is 44.9 Å². The first-order valence-electron chi connectivity index (χ1n) is 6.00. The monoisotopic (exact) mass is 271 g/mol. The lowest BCUT2D eigenvalue weighted by Gasteiger charge is -2.26. The van der Waals surface area contributed by atoms with Crippen molar-refractivity contribution in [1.29, 1.82) is 0 Å². The van der Waals surface area contributed by atoms with E-state index in [2.05, 4.69) is 0 Å². The summed E-state index contributed by atoms with van der Waals surface area (Å²) in [5.41, 5.74) is 1.64. The largest absolute Gasteiger partial charge is 0.395 e. The van der Waals surface area contributed by atoms with Crippen LogP contribution < -0.4 is 0 Å². The molecule has 0 radical (unpaired) electrons. The first kappa shape index (κ1) is 15.1. The maximum atomic E-state index is 12.6. The molecule has 0 aromatic heterocycles. The average Bonchev–Trinajstić information content (AvgIpc) is 2.28. The van der Waals surface area contributed by atoms with Crippen LogP contribution in [0, 0.1) is 13.8 Å². The van der Waals surface area contributed by atoms with Gasteiger partial charge in [-0.25, -0.2) is 8.42 Å². The summed E-state index contributed by atoms with van der Waals surface area (Å²) in [6, 6.07) is 5.19. The molecule has 0 aliphatic carbocycles. The van der Waals surface area contributed by atoms with Crippen LogP contribution in [0.2, 0.25) is 0 Å². The molecule has 0 amide bonds. The Balaban J connectivity index is 3.30. The molecule has 0 fully saturated rings. The van der Waals surface area contributed by atoms with E-state index < -0.39 is 10.0 Å². The molecule has 0 bridgehead atoms. The lowest BCUT2D eigenvalue weighted by molar-refractivity contribution is 0.236. The predicted octanol–water partition coefficient (Wildman–Crippen LogP) is 1.69. The first-order chi connectivity index (χ1) is 8.30. The summed E-state index contributed by atoms with van der Waals surface area (Å²) in [6.07, 6.45) is 0. The molecule has 5 heteroatoms. The van der Waals surface area contributed by atoms with Gasteiger partial charge in [0.2, 0.25) is 10.0 Å². The summed E-state index contributed by atoms with van der Waals surface area (Å²) in [4.78, 5) is 0.324. The van der Waals surface area contributed by atoms with Crippen LogP contribution in [0.1, 0.15) is 25.0 Å². The minimum atomic E-state index is -3.54.